The predicted molar refractivity (Wildman–Crippen MR) is 82.4 cm³/mol. The molecule has 0 aliphatic rings. The zero-order chi connectivity index (χ0) is 14.7. The summed E-state index contributed by atoms with van der Waals surface area (Å²) >= 11 is 4.97. The number of nitrogens with one attached hydrogen (secondary N) is 1. The molecule has 9 heteroatoms. The second kappa shape index (κ2) is 6.14. The molecule has 20 heavy (non-hydrogen) atoms. The lowest BCUT2D eigenvalue weighted by molar-refractivity contribution is -0.384. The summed E-state index contributed by atoms with van der Waals surface area (Å²) in [5.41, 5.74) is 0.948. The largest absolute Gasteiger partial charge is 0.357 e. The van der Waals surface area contributed by atoms with Crippen molar-refractivity contribution in [2.24, 2.45) is 0 Å². The number of hydrogen-bond donors (Lipinski definition) is 1. The van der Waals surface area contributed by atoms with Gasteiger partial charge in [0.1, 0.15) is 6.20 Å². The van der Waals surface area contributed by atoms with E-state index in [0.29, 0.717) is 12.5 Å². The van der Waals surface area contributed by atoms with Gasteiger partial charge in [0, 0.05) is 20.6 Å². The fourth-order valence-electron chi connectivity index (χ4n) is 1.67. The maximum Gasteiger partial charge on any atom is 0.329 e. The van der Waals surface area contributed by atoms with Crippen molar-refractivity contribution in [3.8, 4) is 0 Å². The Kier molecular flexibility index (Phi) is 4.50. The van der Waals surface area contributed by atoms with Gasteiger partial charge in [0.25, 0.3) is 0 Å². The molecule has 0 unspecified atom stereocenters. The smallest absolute Gasteiger partial charge is 0.329 e. The molecule has 0 spiro atoms. The summed E-state index contributed by atoms with van der Waals surface area (Å²) in [6, 6.07) is 1.98. The Labute approximate surface area is 127 Å². The van der Waals surface area contributed by atoms with E-state index in [1.165, 1.54) is 6.20 Å². The van der Waals surface area contributed by atoms with Crippen LogP contribution in [0.2, 0.25) is 0 Å². The number of halogens is 1. The fraction of sp³-hybridized carbons (Fsp3) is 0.273. The highest BCUT2D eigenvalue weighted by Crippen LogP contribution is 2.28. The minimum Gasteiger partial charge on any atom is -0.357 e. The Balaban J connectivity index is 2.31. The molecule has 0 radical (unpaired) electrons. The van der Waals surface area contributed by atoms with Gasteiger partial charge < -0.3 is 10.2 Å². The molecular formula is C11H12BrN5O2S. The molecule has 106 valence electrons. The molecule has 2 aromatic rings. The highest BCUT2D eigenvalue weighted by atomic mass is 79.9. The van der Waals surface area contributed by atoms with E-state index in [1.54, 1.807) is 30.3 Å². The molecule has 2 rings (SSSR count). The topological polar surface area (TPSA) is 84.2 Å². The maximum atomic E-state index is 11.1. The van der Waals surface area contributed by atoms with E-state index in [9.17, 15) is 10.1 Å². The standard InChI is InChI=1S/C11H12BrN5O2S/c1-13-11-14-4-8(17(18)19)10(15-11)16(2)5-7-3-9(12)20-6-7/h3-4,6H,5H2,1-2H3,(H,13,14,15). The van der Waals surface area contributed by atoms with E-state index in [2.05, 4.69) is 31.2 Å². The second-order valence-corrected chi connectivity index (χ2v) is 6.32. The zero-order valence-electron chi connectivity index (χ0n) is 10.8. The van der Waals surface area contributed by atoms with Gasteiger partial charge in [-0.25, -0.2) is 4.98 Å². The van der Waals surface area contributed by atoms with Gasteiger partial charge in [0.05, 0.1) is 8.71 Å². The second-order valence-electron chi connectivity index (χ2n) is 4.02. The van der Waals surface area contributed by atoms with Crippen LogP contribution in [0.1, 0.15) is 5.56 Å². The maximum absolute atomic E-state index is 11.1. The Hall–Kier alpha value is -1.74. The van der Waals surface area contributed by atoms with Crippen LogP contribution in [-0.4, -0.2) is 29.0 Å². The molecular weight excluding hydrogens is 346 g/mol. The van der Waals surface area contributed by atoms with Crippen LogP contribution in [0.3, 0.4) is 0 Å². The number of thiophene rings is 1. The number of anilines is 2. The number of nitrogens with zero attached hydrogens (tertiary/aromatic N) is 4. The first-order valence-electron chi connectivity index (χ1n) is 5.64. The van der Waals surface area contributed by atoms with Crippen molar-refractivity contribution in [2.45, 2.75) is 6.54 Å². The molecule has 2 aromatic heterocycles. The average Bonchev–Trinajstić information content (AvgIpc) is 2.83. The summed E-state index contributed by atoms with van der Waals surface area (Å²) in [6.45, 7) is 0.531. The molecule has 0 atom stereocenters. The molecule has 7 nitrogen and oxygen atoms in total. The number of rotatable bonds is 5. The molecule has 1 N–H and O–H groups in total. The van der Waals surface area contributed by atoms with Crippen molar-refractivity contribution in [2.75, 3.05) is 24.3 Å². The third-order valence-corrected chi connectivity index (χ3v) is 4.13. The molecule has 0 aliphatic heterocycles. The third-order valence-electron chi connectivity index (χ3n) is 2.57. The van der Waals surface area contributed by atoms with E-state index in [-0.39, 0.29) is 11.5 Å². The van der Waals surface area contributed by atoms with Gasteiger partial charge in [-0.15, -0.1) is 11.3 Å². The summed E-state index contributed by atoms with van der Waals surface area (Å²) in [7, 11) is 3.43. The van der Waals surface area contributed by atoms with Gasteiger partial charge in [-0.1, -0.05) is 0 Å². The molecule has 0 bridgehead atoms. The molecule has 0 aromatic carbocycles. The molecule has 0 saturated heterocycles. The van der Waals surface area contributed by atoms with Crippen LogP contribution >= 0.6 is 27.3 Å². The minimum absolute atomic E-state index is 0.110. The van der Waals surface area contributed by atoms with Crippen molar-refractivity contribution < 1.29 is 4.92 Å². The van der Waals surface area contributed by atoms with Crippen LogP contribution in [0, 0.1) is 10.1 Å². The summed E-state index contributed by atoms with van der Waals surface area (Å²) in [5.74, 6) is 0.639. The fourth-order valence-corrected chi connectivity index (χ4v) is 2.87. The van der Waals surface area contributed by atoms with E-state index >= 15 is 0 Å². The lowest BCUT2D eigenvalue weighted by Crippen LogP contribution is -2.19. The van der Waals surface area contributed by atoms with Gasteiger partial charge >= 0.3 is 5.69 Å². The van der Waals surface area contributed by atoms with Crippen molar-refractivity contribution in [1.82, 2.24) is 9.97 Å². The molecule has 0 aliphatic carbocycles. The van der Waals surface area contributed by atoms with E-state index in [4.69, 9.17) is 0 Å². The first-order valence-corrected chi connectivity index (χ1v) is 7.31. The Bertz CT molecular complexity index is 633. The summed E-state index contributed by atoms with van der Waals surface area (Å²) in [4.78, 5) is 20.4. The molecule has 0 amide bonds. The van der Waals surface area contributed by atoms with E-state index in [1.807, 2.05) is 11.4 Å². The number of hydrogen-bond acceptors (Lipinski definition) is 7. The van der Waals surface area contributed by atoms with Crippen molar-refractivity contribution in [1.29, 1.82) is 0 Å². The highest BCUT2D eigenvalue weighted by Gasteiger charge is 2.20. The van der Waals surface area contributed by atoms with Crippen LogP contribution in [-0.2, 0) is 6.54 Å². The van der Waals surface area contributed by atoms with Gasteiger partial charge in [-0.2, -0.15) is 4.98 Å². The zero-order valence-corrected chi connectivity index (χ0v) is 13.2. The van der Waals surface area contributed by atoms with Crippen LogP contribution in [0.4, 0.5) is 17.5 Å². The normalized spacial score (nSPS) is 10.3. The SMILES string of the molecule is CNc1ncc([N+](=O)[O-])c(N(C)Cc2csc(Br)c2)n1. The predicted octanol–water partition coefficient (Wildman–Crippen LogP) is 2.89. The summed E-state index contributed by atoms with van der Waals surface area (Å²) in [6.07, 6.45) is 1.22. The lowest BCUT2D eigenvalue weighted by Gasteiger charge is -2.17. The van der Waals surface area contributed by atoms with E-state index in [0.717, 1.165) is 9.35 Å². The Morgan fingerprint density at radius 2 is 2.35 bits per heavy atom. The monoisotopic (exact) mass is 357 g/mol. The number of nitro groups is 1. The third kappa shape index (κ3) is 3.23. The van der Waals surface area contributed by atoms with Gasteiger partial charge in [0.2, 0.25) is 11.8 Å². The van der Waals surface area contributed by atoms with Crippen LogP contribution in [0.15, 0.2) is 21.4 Å². The first-order chi connectivity index (χ1) is 9.51. The molecule has 0 saturated carbocycles. The van der Waals surface area contributed by atoms with Crippen molar-refractivity contribution in [3.05, 3.63) is 37.1 Å². The molecule has 0 fully saturated rings. The molecule has 2 heterocycles. The van der Waals surface area contributed by atoms with Crippen molar-refractivity contribution in [3.63, 3.8) is 0 Å². The van der Waals surface area contributed by atoms with Crippen LogP contribution < -0.4 is 10.2 Å². The average molecular weight is 358 g/mol. The first kappa shape index (κ1) is 14.7. The summed E-state index contributed by atoms with van der Waals surface area (Å²) < 4.78 is 1.02. The Morgan fingerprint density at radius 3 is 2.90 bits per heavy atom. The minimum atomic E-state index is -0.477. The number of aromatic nitrogens is 2. The van der Waals surface area contributed by atoms with E-state index < -0.39 is 4.92 Å². The quantitative estimate of drug-likeness (QED) is 0.654. The van der Waals surface area contributed by atoms with Gasteiger partial charge in [-0.3, -0.25) is 10.1 Å². The van der Waals surface area contributed by atoms with Gasteiger partial charge in [0.15, 0.2) is 0 Å². The summed E-state index contributed by atoms with van der Waals surface area (Å²) in [5, 5.41) is 15.8. The van der Waals surface area contributed by atoms with Crippen LogP contribution in [0.5, 0.6) is 0 Å². The highest BCUT2D eigenvalue weighted by molar-refractivity contribution is 9.11. The lowest BCUT2D eigenvalue weighted by atomic mass is 10.3. The van der Waals surface area contributed by atoms with Crippen molar-refractivity contribution >= 4 is 44.7 Å². The van der Waals surface area contributed by atoms with Gasteiger partial charge in [-0.05, 0) is 32.9 Å². The van der Waals surface area contributed by atoms with Crippen LogP contribution in [0.25, 0.3) is 0 Å². The Morgan fingerprint density at radius 1 is 1.60 bits per heavy atom.